The van der Waals surface area contributed by atoms with E-state index in [1.807, 2.05) is 17.5 Å². The number of hydrogen-bond acceptors (Lipinski definition) is 5. The Morgan fingerprint density at radius 3 is 2.81 bits per heavy atom. The molecule has 7 heteroatoms. The molecule has 2 rings (SSSR count). The quantitative estimate of drug-likeness (QED) is 0.678. The zero-order valence-electron chi connectivity index (χ0n) is 11.2. The monoisotopic (exact) mass is 324 g/mol. The van der Waals surface area contributed by atoms with Crippen molar-refractivity contribution in [2.24, 2.45) is 0 Å². The van der Waals surface area contributed by atoms with Gasteiger partial charge in [0.2, 0.25) is 0 Å². The normalized spacial score (nSPS) is 11.7. The molecule has 0 saturated heterocycles. The van der Waals surface area contributed by atoms with Gasteiger partial charge in [0.15, 0.2) is 0 Å². The molecule has 1 amide bonds. The molecule has 2 aromatic heterocycles. The Morgan fingerprint density at radius 1 is 1.43 bits per heavy atom. The molecule has 2 heterocycles. The number of ether oxygens (including phenoxy) is 1. The molecule has 21 heavy (non-hydrogen) atoms. The van der Waals surface area contributed by atoms with Crippen molar-refractivity contribution in [2.45, 2.75) is 12.5 Å². The van der Waals surface area contributed by atoms with Crippen molar-refractivity contribution in [1.29, 1.82) is 0 Å². The predicted molar refractivity (Wildman–Crippen MR) is 80.4 cm³/mol. The minimum absolute atomic E-state index is 0.0732. The van der Waals surface area contributed by atoms with E-state index in [4.69, 9.17) is 11.6 Å². The van der Waals surface area contributed by atoms with E-state index in [0.717, 1.165) is 4.88 Å². The third-order valence-electron chi connectivity index (χ3n) is 2.78. The third-order valence-corrected chi connectivity index (χ3v) is 3.99. The Morgan fingerprint density at radius 2 is 2.24 bits per heavy atom. The number of hydrogen-bond donors (Lipinski definition) is 1. The lowest BCUT2D eigenvalue weighted by atomic mass is 10.1. The number of carbonyl (C=O) groups excluding carboxylic acids is 2. The zero-order chi connectivity index (χ0) is 15.2. The topological polar surface area (TPSA) is 68.3 Å². The molecule has 0 aromatic carbocycles. The van der Waals surface area contributed by atoms with Crippen LogP contribution in [0.1, 0.15) is 27.7 Å². The molecule has 1 unspecified atom stereocenters. The number of amides is 1. The highest BCUT2D eigenvalue weighted by atomic mass is 35.5. The first-order chi connectivity index (χ1) is 10.1. The minimum atomic E-state index is -0.430. The van der Waals surface area contributed by atoms with Crippen LogP contribution in [-0.4, -0.2) is 24.0 Å². The first-order valence-corrected chi connectivity index (χ1v) is 7.38. The lowest BCUT2D eigenvalue weighted by Gasteiger charge is -2.16. The number of carbonyl (C=O) groups is 2. The first kappa shape index (κ1) is 15.5. The van der Waals surface area contributed by atoms with Gasteiger partial charge in [-0.3, -0.25) is 9.59 Å². The van der Waals surface area contributed by atoms with Crippen LogP contribution in [0, 0.1) is 0 Å². The van der Waals surface area contributed by atoms with E-state index in [1.54, 1.807) is 6.07 Å². The van der Waals surface area contributed by atoms with Crippen LogP contribution in [0.25, 0.3) is 0 Å². The molecule has 0 radical (unpaired) electrons. The van der Waals surface area contributed by atoms with Crippen LogP contribution in [-0.2, 0) is 9.53 Å². The van der Waals surface area contributed by atoms with Gasteiger partial charge < -0.3 is 10.1 Å². The van der Waals surface area contributed by atoms with Crippen LogP contribution in [0.3, 0.4) is 0 Å². The number of nitrogens with zero attached hydrogens (tertiary/aromatic N) is 1. The average molecular weight is 325 g/mol. The summed E-state index contributed by atoms with van der Waals surface area (Å²) in [6.45, 7) is 0. The molecule has 0 aliphatic rings. The summed E-state index contributed by atoms with van der Waals surface area (Å²) in [4.78, 5) is 28.4. The predicted octanol–water partition coefficient (Wildman–Crippen LogP) is 2.83. The van der Waals surface area contributed by atoms with E-state index in [0.29, 0.717) is 10.7 Å². The summed E-state index contributed by atoms with van der Waals surface area (Å²) in [5, 5.41) is 5.01. The molecule has 110 valence electrons. The fraction of sp³-hybridized carbons (Fsp3) is 0.214. The summed E-state index contributed by atoms with van der Waals surface area (Å²) in [7, 11) is 1.32. The molecular weight excluding hydrogens is 312 g/mol. The highest BCUT2D eigenvalue weighted by Gasteiger charge is 2.20. The Balaban J connectivity index is 2.12. The van der Waals surface area contributed by atoms with Crippen LogP contribution in [0.4, 0.5) is 0 Å². The molecular formula is C14H13ClN2O3S. The van der Waals surface area contributed by atoms with Crippen molar-refractivity contribution < 1.29 is 14.3 Å². The van der Waals surface area contributed by atoms with Crippen molar-refractivity contribution in [1.82, 2.24) is 10.3 Å². The Bertz CT molecular complexity index is 614. The second-order valence-corrected chi connectivity index (χ2v) is 5.56. The summed E-state index contributed by atoms with van der Waals surface area (Å²) in [6, 6.07) is 6.41. The SMILES string of the molecule is COC(=O)CC(NC(=O)c1ccc(Cl)nc1)c1cccs1. The highest BCUT2D eigenvalue weighted by molar-refractivity contribution is 7.10. The molecule has 2 aromatic rings. The summed E-state index contributed by atoms with van der Waals surface area (Å²) >= 11 is 7.15. The summed E-state index contributed by atoms with van der Waals surface area (Å²) < 4.78 is 4.67. The van der Waals surface area contributed by atoms with Crippen LogP contribution in [0.5, 0.6) is 0 Å². The van der Waals surface area contributed by atoms with Crippen LogP contribution in [0.2, 0.25) is 5.15 Å². The fourth-order valence-corrected chi connectivity index (χ4v) is 2.60. The lowest BCUT2D eigenvalue weighted by Crippen LogP contribution is -2.30. The largest absolute Gasteiger partial charge is 0.469 e. The van der Waals surface area contributed by atoms with Gasteiger partial charge in [0.05, 0.1) is 25.1 Å². The van der Waals surface area contributed by atoms with Crippen molar-refractivity contribution in [2.75, 3.05) is 7.11 Å². The summed E-state index contributed by atoms with van der Waals surface area (Å²) in [6.07, 6.45) is 1.46. The van der Waals surface area contributed by atoms with Crippen LogP contribution in [0.15, 0.2) is 35.8 Å². The number of halogens is 1. The summed E-state index contributed by atoms with van der Waals surface area (Å²) in [5.41, 5.74) is 0.380. The lowest BCUT2D eigenvalue weighted by molar-refractivity contribution is -0.141. The second kappa shape index (κ2) is 7.19. The molecule has 0 fully saturated rings. The second-order valence-electron chi connectivity index (χ2n) is 4.19. The molecule has 5 nitrogen and oxygen atoms in total. The van der Waals surface area contributed by atoms with Crippen LogP contribution < -0.4 is 5.32 Å². The van der Waals surface area contributed by atoms with Gasteiger partial charge in [0.25, 0.3) is 5.91 Å². The van der Waals surface area contributed by atoms with E-state index in [2.05, 4.69) is 15.0 Å². The van der Waals surface area contributed by atoms with E-state index in [1.165, 1.54) is 30.7 Å². The number of methoxy groups -OCH3 is 1. The van der Waals surface area contributed by atoms with Crippen molar-refractivity contribution >= 4 is 34.8 Å². The number of nitrogens with one attached hydrogen (secondary N) is 1. The van der Waals surface area contributed by atoms with Crippen LogP contribution >= 0.6 is 22.9 Å². The van der Waals surface area contributed by atoms with Crippen molar-refractivity contribution in [3.8, 4) is 0 Å². The molecule has 1 atom stereocenters. The first-order valence-electron chi connectivity index (χ1n) is 6.13. The molecule has 0 aliphatic carbocycles. The van der Waals surface area contributed by atoms with Gasteiger partial charge in [-0.25, -0.2) is 4.98 Å². The Hall–Kier alpha value is -1.92. The highest BCUT2D eigenvalue weighted by Crippen LogP contribution is 2.23. The molecule has 0 bridgehead atoms. The average Bonchev–Trinajstić information content (AvgIpc) is 3.01. The fourth-order valence-electron chi connectivity index (χ4n) is 1.71. The number of aromatic nitrogens is 1. The zero-order valence-corrected chi connectivity index (χ0v) is 12.8. The van der Waals surface area contributed by atoms with Crippen molar-refractivity contribution in [3.63, 3.8) is 0 Å². The van der Waals surface area contributed by atoms with Crippen molar-refractivity contribution in [3.05, 3.63) is 51.4 Å². The Kier molecular flexibility index (Phi) is 5.30. The molecule has 0 saturated carbocycles. The number of rotatable bonds is 5. The Labute approximate surface area is 130 Å². The van der Waals surface area contributed by atoms with Gasteiger partial charge in [-0.1, -0.05) is 17.7 Å². The minimum Gasteiger partial charge on any atom is -0.469 e. The molecule has 1 N–H and O–H groups in total. The van der Waals surface area contributed by atoms with Gasteiger partial charge in [0, 0.05) is 11.1 Å². The van der Waals surface area contributed by atoms with E-state index in [-0.39, 0.29) is 18.3 Å². The maximum Gasteiger partial charge on any atom is 0.307 e. The maximum atomic E-state index is 12.2. The van der Waals surface area contributed by atoms with E-state index >= 15 is 0 Å². The molecule has 0 spiro atoms. The standard InChI is InChI=1S/C14H13ClN2O3S/c1-20-13(18)7-10(11-3-2-6-21-11)17-14(19)9-4-5-12(15)16-8-9/h2-6,8,10H,7H2,1H3,(H,17,19). The smallest absolute Gasteiger partial charge is 0.307 e. The maximum absolute atomic E-state index is 12.2. The van der Waals surface area contributed by atoms with E-state index in [9.17, 15) is 9.59 Å². The van der Waals surface area contributed by atoms with E-state index < -0.39 is 6.04 Å². The number of thiophene rings is 1. The third kappa shape index (κ3) is 4.27. The van der Waals surface area contributed by atoms with Gasteiger partial charge in [-0.2, -0.15) is 0 Å². The molecule has 0 aliphatic heterocycles. The van der Waals surface area contributed by atoms with Gasteiger partial charge >= 0.3 is 5.97 Å². The summed E-state index contributed by atoms with van der Waals surface area (Å²) in [5.74, 6) is -0.704. The van der Waals surface area contributed by atoms with Gasteiger partial charge in [0.1, 0.15) is 5.15 Å². The number of pyridine rings is 1. The van der Waals surface area contributed by atoms with Gasteiger partial charge in [-0.15, -0.1) is 11.3 Å². The number of esters is 1. The van der Waals surface area contributed by atoms with Gasteiger partial charge in [-0.05, 0) is 23.6 Å².